The summed E-state index contributed by atoms with van der Waals surface area (Å²) in [5.74, 6) is -2.20. The Morgan fingerprint density at radius 2 is 1.76 bits per heavy atom. The van der Waals surface area contributed by atoms with Crippen LogP contribution in [0.5, 0.6) is 11.5 Å². The van der Waals surface area contributed by atoms with E-state index in [0.717, 1.165) is 25.3 Å². The Labute approximate surface area is 143 Å². The molecule has 0 spiro atoms. The average Bonchev–Trinajstić information content (AvgIpc) is 2.86. The molecule has 1 aliphatic heterocycles. The van der Waals surface area contributed by atoms with Crippen molar-refractivity contribution in [3.8, 4) is 11.5 Å². The molecule has 1 fully saturated rings. The minimum atomic E-state index is -1.20. The summed E-state index contributed by atoms with van der Waals surface area (Å²) in [4.78, 5) is 12.2. The van der Waals surface area contributed by atoms with Crippen LogP contribution in [0.25, 0.3) is 0 Å². The Bertz CT molecular complexity index is 833. The van der Waals surface area contributed by atoms with E-state index in [-0.39, 0.29) is 28.9 Å². The summed E-state index contributed by atoms with van der Waals surface area (Å²) in [6, 6.07) is 8.31. The zero-order chi connectivity index (χ0) is 17.6. The Morgan fingerprint density at radius 1 is 1.12 bits per heavy atom. The predicted octanol–water partition coefficient (Wildman–Crippen LogP) is 3.89. The van der Waals surface area contributed by atoms with Gasteiger partial charge in [0.1, 0.15) is 11.6 Å². The number of hydrogen-bond donors (Lipinski definition) is 1. The van der Waals surface area contributed by atoms with Gasteiger partial charge in [0.05, 0.1) is 5.56 Å². The van der Waals surface area contributed by atoms with Crippen molar-refractivity contribution in [1.82, 2.24) is 5.32 Å². The highest BCUT2D eigenvalue weighted by molar-refractivity contribution is 5.95. The van der Waals surface area contributed by atoms with Crippen molar-refractivity contribution in [2.45, 2.75) is 38.0 Å². The minimum Gasteiger partial charge on any atom is -0.445 e. The first-order valence-corrected chi connectivity index (χ1v) is 8.23. The summed E-state index contributed by atoms with van der Waals surface area (Å²) in [7, 11) is 0. The number of carbonyl (C=O) groups is 1. The van der Waals surface area contributed by atoms with Crippen molar-refractivity contribution >= 4 is 5.91 Å². The van der Waals surface area contributed by atoms with Gasteiger partial charge in [-0.25, -0.2) is 8.78 Å². The summed E-state index contributed by atoms with van der Waals surface area (Å²) in [5, 5.41) is 2.81. The molecule has 2 aromatic rings. The van der Waals surface area contributed by atoms with Gasteiger partial charge in [0.2, 0.25) is 0 Å². The van der Waals surface area contributed by atoms with Gasteiger partial charge in [-0.1, -0.05) is 0 Å². The van der Waals surface area contributed by atoms with Gasteiger partial charge in [0, 0.05) is 24.6 Å². The minimum absolute atomic E-state index is 0.0717. The van der Waals surface area contributed by atoms with Crippen LogP contribution in [-0.2, 0) is 5.79 Å². The second-order valence-electron chi connectivity index (χ2n) is 6.54. The lowest BCUT2D eigenvalue weighted by molar-refractivity contribution is -0.0681. The fourth-order valence-electron chi connectivity index (χ4n) is 3.00. The van der Waals surface area contributed by atoms with Crippen LogP contribution >= 0.6 is 0 Å². The molecule has 2 aromatic carbocycles. The van der Waals surface area contributed by atoms with Gasteiger partial charge >= 0.3 is 0 Å². The fourth-order valence-corrected chi connectivity index (χ4v) is 3.00. The molecular formula is C19H17F2NO3. The van der Waals surface area contributed by atoms with Crippen LogP contribution in [-0.4, -0.2) is 11.9 Å². The Kier molecular flexibility index (Phi) is 3.63. The number of hydrogen-bond acceptors (Lipinski definition) is 3. The first-order valence-electron chi connectivity index (χ1n) is 8.23. The van der Waals surface area contributed by atoms with Gasteiger partial charge in [0.25, 0.3) is 11.7 Å². The van der Waals surface area contributed by atoms with Crippen LogP contribution in [0.2, 0.25) is 0 Å². The van der Waals surface area contributed by atoms with Gasteiger partial charge in [-0.15, -0.1) is 0 Å². The van der Waals surface area contributed by atoms with E-state index in [1.165, 1.54) is 18.2 Å². The molecule has 0 saturated heterocycles. The van der Waals surface area contributed by atoms with E-state index >= 15 is 0 Å². The lowest BCUT2D eigenvalue weighted by atomic mass is 9.93. The molecule has 1 atom stereocenters. The van der Waals surface area contributed by atoms with Gasteiger partial charge in [-0.2, -0.15) is 0 Å². The first-order chi connectivity index (χ1) is 11.9. The number of halogens is 2. The second-order valence-corrected chi connectivity index (χ2v) is 6.54. The van der Waals surface area contributed by atoms with E-state index < -0.39 is 17.5 Å². The predicted molar refractivity (Wildman–Crippen MR) is 86.5 cm³/mol. The molecule has 25 heavy (non-hydrogen) atoms. The van der Waals surface area contributed by atoms with Crippen molar-refractivity contribution in [3.05, 3.63) is 59.2 Å². The van der Waals surface area contributed by atoms with Crippen LogP contribution < -0.4 is 14.8 Å². The topological polar surface area (TPSA) is 47.6 Å². The van der Waals surface area contributed by atoms with Gasteiger partial charge in [-0.05, 0) is 49.6 Å². The Balaban J connectivity index is 1.60. The van der Waals surface area contributed by atoms with E-state index in [4.69, 9.17) is 9.47 Å². The Hall–Kier alpha value is -2.63. The molecule has 130 valence electrons. The lowest BCUT2D eigenvalue weighted by Crippen LogP contribution is -2.39. The van der Waals surface area contributed by atoms with Crippen LogP contribution in [0.15, 0.2) is 36.4 Å². The number of benzene rings is 2. The summed E-state index contributed by atoms with van der Waals surface area (Å²) >= 11 is 0. The smallest absolute Gasteiger partial charge is 0.275 e. The monoisotopic (exact) mass is 345 g/mol. The quantitative estimate of drug-likeness (QED) is 0.918. The van der Waals surface area contributed by atoms with E-state index in [1.54, 1.807) is 19.1 Å². The highest BCUT2D eigenvalue weighted by atomic mass is 19.1. The average molecular weight is 345 g/mol. The van der Waals surface area contributed by atoms with E-state index in [2.05, 4.69) is 5.32 Å². The molecule has 0 radical (unpaired) electrons. The molecule has 6 heteroatoms. The molecule has 2 aliphatic rings. The molecule has 1 heterocycles. The molecule has 0 aromatic heterocycles. The summed E-state index contributed by atoms with van der Waals surface area (Å²) in [6.45, 7) is 1.66. The van der Waals surface area contributed by atoms with Crippen LogP contribution in [0.3, 0.4) is 0 Å². The number of rotatable bonds is 3. The van der Waals surface area contributed by atoms with Gasteiger partial charge < -0.3 is 14.8 Å². The standard InChI is InChI=1S/C19H17F2NO3/c1-19(11-5-7-12(20)8-6-11)24-16-9-14(15(21)10-17(16)25-19)18(23)22-13-3-2-4-13/h5-10,13H,2-4H2,1H3,(H,22,23). The third kappa shape index (κ3) is 2.81. The number of ether oxygens (including phenoxy) is 2. The van der Waals surface area contributed by atoms with Crippen molar-refractivity contribution in [2.75, 3.05) is 0 Å². The third-order valence-corrected chi connectivity index (χ3v) is 4.70. The van der Waals surface area contributed by atoms with Crippen molar-refractivity contribution < 1.29 is 23.0 Å². The zero-order valence-corrected chi connectivity index (χ0v) is 13.6. The normalized spacial score (nSPS) is 21.7. The number of carbonyl (C=O) groups excluding carboxylic acids is 1. The van der Waals surface area contributed by atoms with E-state index in [1.807, 2.05) is 0 Å². The molecule has 1 unspecified atom stereocenters. The maximum atomic E-state index is 14.3. The maximum absolute atomic E-state index is 14.3. The van der Waals surface area contributed by atoms with E-state index in [9.17, 15) is 13.6 Å². The number of fused-ring (bicyclic) bond motifs is 1. The molecule has 4 nitrogen and oxygen atoms in total. The lowest BCUT2D eigenvalue weighted by Gasteiger charge is -2.26. The molecule has 0 bridgehead atoms. The van der Waals surface area contributed by atoms with Crippen molar-refractivity contribution in [3.63, 3.8) is 0 Å². The molecule has 4 rings (SSSR count). The first kappa shape index (κ1) is 15.9. The zero-order valence-electron chi connectivity index (χ0n) is 13.6. The summed E-state index contributed by atoms with van der Waals surface area (Å²) in [6.07, 6.45) is 2.91. The Morgan fingerprint density at radius 3 is 2.36 bits per heavy atom. The van der Waals surface area contributed by atoms with Gasteiger partial charge in [0.15, 0.2) is 11.5 Å². The molecule has 1 aliphatic carbocycles. The largest absolute Gasteiger partial charge is 0.445 e. The molecule has 1 N–H and O–H groups in total. The van der Waals surface area contributed by atoms with Crippen molar-refractivity contribution in [1.29, 1.82) is 0 Å². The molecule has 1 saturated carbocycles. The summed E-state index contributed by atoms with van der Waals surface area (Å²) in [5.41, 5.74) is 0.517. The maximum Gasteiger partial charge on any atom is 0.275 e. The third-order valence-electron chi connectivity index (χ3n) is 4.70. The van der Waals surface area contributed by atoms with Gasteiger partial charge in [-0.3, -0.25) is 4.79 Å². The van der Waals surface area contributed by atoms with Crippen LogP contribution in [0.1, 0.15) is 42.1 Å². The number of nitrogens with one attached hydrogen (secondary N) is 1. The highest BCUT2D eigenvalue weighted by Gasteiger charge is 2.40. The fraction of sp³-hybridized carbons (Fsp3) is 0.316. The highest BCUT2D eigenvalue weighted by Crippen LogP contribution is 2.45. The summed E-state index contributed by atoms with van der Waals surface area (Å²) < 4.78 is 39.0. The number of amides is 1. The molecular weight excluding hydrogens is 328 g/mol. The SMILES string of the molecule is CC1(c2ccc(F)cc2)Oc2cc(F)c(C(=O)NC3CCC3)cc2O1. The molecule has 1 amide bonds. The van der Waals surface area contributed by atoms with Crippen LogP contribution in [0, 0.1) is 11.6 Å². The van der Waals surface area contributed by atoms with Crippen LogP contribution in [0.4, 0.5) is 8.78 Å². The van der Waals surface area contributed by atoms with Crippen molar-refractivity contribution in [2.24, 2.45) is 0 Å². The second kappa shape index (κ2) is 5.72. The van der Waals surface area contributed by atoms with E-state index in [0.29, 0.717) is 5.56 Å².